The van der Waals surface area contributed by atoms with E-state index >= 15 is 0 Å². The van der Waals surface area contributed by atoms with Gasteiger partial charge in [0.1, 0.15) is 11.6 Å². The van der Waals surface area contributed by atoms with Crippen molar-refractivity contribution in [2.24, 2.45) is 14.1 Å². The molecular weight excluding hydrogens is 647 g/mol. The number of thiocarbonyl (C=S) groups is 1. The number of hydrogen-bond acceptors (Lipinski definition) is 10. The molecular formula is C21H20ClIN4O7S2. The third-order valence-corrected chi connectivity index (χ3v) is 6.46. The molecule has 0 radical (unpaired) electrons. The van der Waals surface area contributed by atoms with Gasteiger partial charge in [0.15, 0.2) is 0 Å². The van der Waals surface area contributed by atoms with E-state index in [1.165, 1.54) is 22.8 Å². The summed E-state index contributed by atoms with van der Waals surface area (Å²) in [5.74, 6) is 1.30. The number of para-hydroxylation sites is 1. The summed E-state index contributed by atoms with van der Waals surface area (Å²) in [7, 11) is 4.70. The van der Waals surface area contributed by atoms with Crippen LogP contribution in [0.1, 0.15) is 11.6 Å². The zero-order chi connectivity index (χ0) is 27.2. The molecule has 0 amide bonds. The van der Waals surface area contributed by atoms with Crippen molar-refractivity contribution in [2.45, 2.75) is 18.7 Å². The first-order chi connectivity index (χ1) is 16.8. The maximum absolute atomic E-state index is 11.9. The smallest absolute Gasteiger partial charge is 0.268 e. The Morgan fingerprint density at radius 2 is 1.47 bits per heavy atom. The van der Waals surface area contributed by atoms with Gasteiger partial charge >= 0.3 is 0 Å². The van der Waals surface area contributed by atoms with E-state index in [1.54, 1.807) is 54.2 Å². The van der Waals surface area contributed by atoms with E-state index in [9.17, 15) is 18.0 Å². The van der Waals surface area contributed by atoms with E-state index in [1.807, 2.05) is 25.1 Å². The maximum Gasteiger partial charge on any atom is 0.268 e. The molecule has 0 saturated carbocycles. The van der Waals surface area contributed by atoms with Crippen molar-refractivity contribution < 1.29 is 23.6 Å². The second kappa shape index (κ2) is 12.6. The largest absolute Gasteiger partial charge is 0.299 e. The molecule has 0 fully saturated rings. The number of fused-ring (bicyclic) bond motifs is 2. The highest BCUT2D eigenvalue weighted by atomic mass is 127. The van der Waals surface area contributed by atoms with Crippen LogP contribution in [0.3, 0.4) is 0 Å². The summed E-state index contributed by atoms with van der Waals surface area (Å²) in [6.45, 7) is 3.53. The van der Waals surface area contributed by atoms with Gasteiger partial charge in [0.05, 0.1) is 26.7 Å². The first-order valence-corrected chi connectivity index (χ1v) is 13.6. The highest BCUT2D eigenvalue weighted by Crippen LogP contribution is 2.18. The summed E-state index contributed by atoms with van der Waals surface area (Å²) in [5, 5.41) is 11.5. The fourth-order valence-corrected chi connectivity index (χ4v) is 3.76. The summed E-state index contributed by atoms with van der Waals surface area (Å²) in [6.07, 6.45) is 0. The molecule has 0 aliphatic heterocycles. The van der Waals surface area contributed by atoms with Crippen LogP contribution in [0.25, 0.3) is 21.8 Å². The van der Waals surface area contributed by atoms with Gasteiger partial charge in [-0.05, 0) is 61.4 Å². The molecule has 0 aliphatic rings. The zero-order valence-corrected chi connectivity index (χ0v) is 23.8. The van der Waals surface area contributed by atoms with Crippen LogP contribution >= 0.6 is 45.5 Å². The summed E-state index contributed by atoms with van der Waals surface area (Å²) < 4.78 is 25.4. The van der Waals surface area contributed by atoms with Crippen molar-refractivity contribution in [3.63, 3.8) is 0 Å². The molecule has 36 heavy (non-hydrogen) atoms. The Morgan fingerprint density at radius 1 is 0.972 bits per heavy atom. The molecule has 11 nitrogen and oxygen atoms in total. The highest BCUT2D eigenvalue weighted by Gasteiger charge is 2.13. The first-order valence-electron chi connectivity index (χ1n) is 9.80. The third kappa shape index (κ3) is 7.50. The van der Waals surface area contributed by atoms with E-state index in [0.29, 0.717) is 16.7 Å². The molecule has 2 heterocycles. The van der Waals surface area contributed by atoms with Crippen LogP contribution in [0.5, 0.6) is 0 Å². The number of rotatable bonds is 2. The van der Waals surface area contributed by atoms with Crippen LogP contribution in [0.2, 0.25) is 0 Å². The Bertz CT molecular complexity index is 1660. The molecule has 1 N–H and O–H groups in total. The average molecular weight is 667 g/mol. The van der Waals surface area contributed by atoms with Crippen molar-refractivity contribution in [3.05, 3.63) is 74.8 Å². The van der Waals surface area contributed by atoms with Crippen molar-refractivity contribution in [1.82, 2.24) is 19.1 Å². The van der Waals surface area contributed by atoms with Gasteiger partial charge in [-0.3, -0.25) is 23.6 Å². The predicted molar refractivity (Wildman–Crippen MR) is 148 cm³/mol. The maximum atomic E-state index is 11.9. The summed E-state index contributed by atoms with van der Waals surface area (Å²) in [6, 6.07) is 11.4. The minimum Gasteiger partial charge on any atom is -0.299 e. The van der Waals surface area contributed by atoms with Gasteiger partial charge in [-0.15, -0.1) is 0 Å². The quantitative estimate of drug-likeness (QED) is 0.111. The van der Waals surface area contributed by atoms with Crippen LogP contribution in [-0.4, -0.2) is 35.8 Å². The Kier molecular flexibility index (Phi) is 10.4. The van der Waals surface area contributed by atoms with E-state index in [4.69, 9.17) is 15.9 Å². The first kappa shape index (κ1) is 29.7. The van der Waals surface area contributed by atoms with Crippen LogP contribution < -0.4 is 11.1 Å². The Balaban J connectivity index is 0.000000212. The molecule has 4 rings (SSSR count). The zero-order valence-electron chi connectivity index (χ0n) is 19.3. The second-order valence-corrected chi connectivity index (χ2v) is 11.7. The molecule has 4 aromatic rings. The average Bonchev–Trinajstić information content (AvgIpc) is 2.81. The number of aromatic nitrogens is 4. The lowest BCUT2D eigenvalue weighted by molar-refractivity contribution is -0.446. The summed E-state index contributed by atoms with van der Waals surface area (Å²) in [4.78, 5) is 35.8. The molecule has 15 heteroatoms. The third-order valence-electron chi connectivity index (χ3n) is 4.86. The molecule has 192 valence electrons. The van der Waals surface area contributed by atoms with Crippen molar-refractivity contribution in [1.29, 1.82) is 0 Å². The molecule has 0 saturated heterocycles. The van der Waals surface area contributed by atoms with E-state index in [2.05, 4.69) is 32.1 Å². The fraction of sp³-hybridized carbons (Fsp3) is 0.190. The normalized spacial score (nSPS) is 10.8. The molecule has 0 aliphatic carbocycles. The number of aryl methyl sites for hydroxylation is 2. The molecule has 0 unspecified atom stereocenters. The number of hydrogen-bond donors (Lipinski definition) is 1. The van der Waals surface area contributed by atoms with Gasteiger partial charge in [0.25, 0.3) is 23.2 Å². The van der Waals surface area contributed by atoms with Crippen molar-refractivity contribution >= 4 is 79.4 Å². The van der Waals surface area contributed by atoms with Crippen LogP contribution in [0, 0.1) is 13.8 Å². The molecule has 2 aromatic carbocycles. The van der Waals surface area contributed by atoms with Crippen molar-refractivity contribution in [2.75, 3.05) is 0 Å². The molecule has 0 atom stereocenters. The monoisotopic (exact) mass is 666 g/mol. The summed E-state index contributed by atoms with van der Waals surface area (Å²) >= 11 is 5.94. The predicted octanol–water partition coefficient (Wildman–Crippen LogP) is 3.54. The minimum atomic E-state index is -3.84. The Hall–Kier alpha value is -2.50. The Morgan fingerprint density at radius 3 is 1.94 bits per heavy atom. The second-order valence-electron chi connectivity index (χ2n) is 7.08. The highest BCUT2D eigenvalue weighted by molar-refractivity contribution is 14.1. The lowest BCUT2D eigenvalue weighted by atomic mass is 10.2. The number of nitrogens with zero attached hydrogens (tertiary/aromatic N) is 4. The number of halogens is 2. The minimum absolute atomic E-state index is 0.0168. The topological polar surface area (TPSA) is 143 Å². The van der Waals surface area contributed by atoms with E-state index in [0.717, 1.165) is 11.3 Å². The molecule has 2 aromatic heterocycles. The standard InChI is InChI=1S/C10H9ClN2O3S.C10H10N2O.CHIO3S/c1-6-12-9-4-3-7(17(11,15)16)5-8(9)10(14)13(6)2;1-7-11-9-6-4-3-5-8(9)10(13)12(7)2;2-1(6)4-5-3/h3-5H,1-2H3;3-6H,1-2H3;3H. The molecule has 0 bridgehead atoms. The van der Waals surface area contributed by atoms with Gasteiger partial charge in [0, 0.05) is 47.4 Å². The van der Waals surface area contributed by atoms with Gasteiger partial charge in [-0.1, -0.05) is 12.1 Å². The lowest BCUT2D eigenvalue weighted by Crippen LogP contribution is -2.20. The van der Waals surface area contributed by atoms with Gasteiger partial charge in [-0.25, -0.2) is 23.6 Å². The fourth-order valence-electron chi connectivity index (χ4n) is 2.87. The Labute approximate surface area is 228 Å². The van der Waals surface area contributed by atoms with E-state index in [-0.39, 0.29) is 24.5 Å². The SMILES string of the molecule is Cc1nc2ccc(S(=O)(=O)Cl)cc2c(=O)n1C.Cc1nc2ccccc2c(=O)n1C.OOOC(=S)I. The van der Waals surface area contributed by atoms with Crippen LogP contribution in [0.4, 0.5) is 0 Å². The van der Waals surface area contributed by atoms with Gasteiger partial charge in [-0.2, -0.15) is 0 Å². The van der Waals surface area contributed by atoms with Crippen molar-refractivity contribution in [3.8, 4) is 0 Å². The van der Waals surface area contributed by atoms with Crippen LogP contribution in [-0.2, 0) is 33.1 Å². The number of benzene rings is 2. The van der Waals surface area contributed by atoms with Gasteiger partial charge in [0.2, 0.25) is 0 Å². The summed E-state index contributed by atoms with van der Waals surface area (Å²) in [5.41, 5.74) is 0.940. The van der Waals surface area contributed by atoms with E-state index < -0.39 is 9.05 Å². The van der Waals surface area contributed by atoms with Crippen LogP contribution in [0.15, 0.2) is 56.9 Å². The lowest BCUT2D eigenvalue weighted by Gasteiger charge is -2.05. The van der Waals surface area contributed by atoms with Gasteiger partial charge < -0.3 is 0 Å². The molecule has 0 spiro atoms.